The van der Waals surface area contributed by atoms with E-state index in [1.807, 2.05) is 30.3 Å². The third kappa shape index (κ3) is 2.81. The van der Waals surface area contributed by atoms with E-state index >= 15 is 0 Å². The molecule has 5 heteroatoms. The molecule has 0 saturated carbocycles. The van der Waals surface area contributed by atoms with E-state index in [4.69, 9.17) is 9.84 Å². The van der Waals surface area contributed by atoms with E-state index in [1.54, 1.807) is 13.1 Å². The van der Waals surface area contributed by atoms with Crippen LogP contribution in [0.4, 0.5) is 0 Å². The number of carbonyl (C=O) groups is 1. The second-order valence-electron chi connectivity index (χ2n) is 4.61. The molecule has 0 unspecified atom stereocenters. The number of para-hydroxylation sites is 1. The van der Waals surface area contributed by atoms with Gasteiger partial charge in [0.05, 0.1) is 17.3 Å². The molecule has 0 aliphatic carbocycles. The van der Waals surface area contributed by atoms with Crippen LogP contribution < -0.4 is 4.74 Å². The first kappa shape index (κ1) is 13.1. The molecule has 2 aromatic heterocycles. The zero-order valence-corrected chi connectivity index (χ0v) is 11.3. The predicted octanol–water partition coefficient (Wildman–Crippen LogP) is 3.43. The molecule has 0 radical (unpaired) electrons. The van der Waals surface area contributed by atoms with Crippen LogP contribution in [0.25, 0.3) is 10.9 Å². The molecule has 104 valence electrons. The molecule has 0 aliphatic heterocycles. The van der Waals surface area contributed by atoms with Crippen LogP contribution in [0.2, 0.25) is 0 Å². The lowest BCUT2D eigenvalue weighted by molar-refractivity contribution is 0.0696. The summed E-state index contributed by atoms with van der Waals surface area (Å²) in [5, 5.41) is 9.99. The van der Waals surface area contributed by atoms with Gasteiger partial charge in [0.25, 0.3) is 0 Å². The second-order valence-corrected chi connectivity index (χ2v) is 4.61. The van der Waals surface area contributed by atoms with Crippen LogP contribution in [0.5, 0.6) is 11.6 Å². The Bertz CT molecular complexity index is 831. The number of rotatable bonds is 3. The quantitative estimate of drug-likeness (QED) is 0.795. The van der Waals surface area contributed by atoms with Crippen LogP contribution in [-0.2, 0) is 0 Å². The normalized spacial score (nSPS) is 10.5. The average molecular weight is 280 g/mol. The van der Waals surface area contributed by atoms with Gasteiger partial charge in [-0.05, 0) is 25.1 Å². The van der Waals surface area contributed by atoms with Gasteiger partial charge in [0, 0.05) is 17.1 Å². The molecule has 1 aromatic carbocycles. The number of nitrogens with zero attached hydrogens (tertiary/aromatic N) is 2. The van der Waals surface area contributed by atoms with Gasteiger partial charge in [0.1, 0.15) is 5.75 Å². The summed E-state index contributed by atoms with van der Waals surface area (Å²) in [6.07, 6.45) is 1.59. The van der Waals surface area contributed by atoms with Crippen molar-refractivity contribution in [1.29, 1.82) is 0 Å². The number of carboxylic acids is 1. The fraction of sp³-hybridized carbons (Fsp3) is 0.0625. The number of aromatic carboxylic acids is 1. The van der Waals surface area contributed by atoms with Gasteiger partial charge in [-0.25, -0.2) is 9.78 Å². The number of pyridine rings is 2. The minimum absolute atomic E-state index is 0.145. The monoisotopic (exact) mass is 280 g/mol. The Labute approximate surface area is 120 Å². The van der Waals surface area contributed by atoms with Crippen molar-refractivity contribution < 1.29 is 14.6 Å². The van der Waals surface area contributed by atoms with Crippen molar-refractivity contribution in [3.05, 3.63) is 59.9 Å². The standard InChI is InChI=1S/C16H12N2O3/c1-10-6-12(16(19)20)8-15(18-10)21-13-7-11-4-2-3-5-14(11)17-9-13/h2-9H,1H3,(H,19,20). The van der Waals surface area contributed by atoms with E-state index in [-0.39, 0.29) is 11.4 Å². The van der Waals surface area contributed by atoms with Crippen molar-refractivity contribution in [2.45, 2.75) is 6.92 Å². The smallest absolute Gasteiger partial charge is 0.335 e. The van der Waals surface area contributed by atoms with Crippen LogP contribution in [-0.4, -0.2) is 21.0 Å². The van der Waals surface area contributed by atoms with E-state index in [0.29, 0.717) is 11.4 Å². The fourth-order valence-corrected chi connectivity index (χ4v) is 2.04. The fourth-order valence-electron chi connectivity index (χ4n) is 2.04. The molecule has 3 aromatic rings. The first-order valence-corrected chi connectivity index (χ1v) is 6.36. The Morgan fingerprint density at radius 3 is 2.81 bits per heavy atom. The number of fused-ring (bicyclic) bond motifs is 1. The van der Waals surface area contributed by atoms with Crippen LogP contribution in [0.3, 0.4) is 0 Å². The third-order valence-corrected chi connectivity index (χ3v) is 2.96. The topological polar surface area (TPSA) is 72.3 Å². The molecule has 2 heterocycles. The zero-order chi connectivity index (χ0) is 14.8. The van der Waals surface area contributed by atoms with Gasteiger partial charge in [-0.2, -0.15) is 0 Å². The maximum Gasteiger partial charge on any atom is 0.335 e. The van der Waals surface area contributed by atoms with Crippen molar-refractivity contribution >= 4 is 16.9 Å². The first-order valence-electron chi connectivity index (χ1n) is 6.36. The molecule has 0 saturated heterocycles. The number of ether oxygens (including phenoxy) is 1. The molecular formula is C16H12N2O3. The number of aromatic nitrogens is 2. The van der Waals surface area contributed by atoms with Crippen molar-refractivity contribution in [2.75, 3.05) is 0 Å². The predicted molar refractivity (Wildman–Crippen MR) is 77.8 cm³/mol. The second kappa shape index (κ2) is 5.20. The average Bonchev–Trinajstić information content (AvgIpc) is 2.46. The Morgan fingerprint density at radius 1 is 1.19 bits per heavy atom. The Balaban J connectivity index is 1.96. The van der Waals surface area contributed by atoms with Gasteiger partial charge in [-0.1, -0.05) is 18.2 Å². The summed E-state index contributed by atoms with van der Waals surface area (Å²) >= 11 is 0. The summed E-state index contributed by atoms with van der Waals surface area (Å²) in [5.74, 6) is -0.255. The Kier molecular flexibility index (Phi) is 3.23. The number of hydrogen-bond donors (Lipinski definition) is 1. The molecule has 21 heavy (non-hydrogen) atoms. The Morgan fingerprint density at radius 2 is 2.00 bits per heavy atom. The highest BCUT2D eigenvalue weighted by atomic mass is 16.5. The first-order chi connectivity index (χ1) is 10.1. The van der Waals surface area contributed by atoms with Gasteiger partial charge in [0.15, 0.2) is 0 Å². The third-order valence-electron chi connectivity index (χ3n) is 2.96. The molecule has 0 amide bonds. The molecule has 0 aliphatic rings. The molecule has 3 rings (SSSR count). The van der Waals surface area contributed by atoms with Crippen LogP contribution in [0.1, 0.15) is 16.1 Å². The highest BCUT2D eigenvalue weighted by Crippen LogP contribution is 2.23. The molecular weight excluding hydrogens is 268 g/mol. The number of benzene rings is 1. The number of hydrogen-bond acceptors (Lipinski definition) is 4. The lowest BCUT2D eigenvalue weighted by Crippen LogP contribution is -2.00. The highest BCUT2D eigenvalue weighted by molar-refractivity contribution is 5.88. The lowest BCUT2D eigenvalue weighted by Gasteiger charge is -2.07. The van der Waals surface area contributed by atoms with E-state index in [2.05, 4.69) is 9.97 Å². The maximum absolute atomic E-state index is 11.0. The van der Waals surface area contributed by atoms with Crippen molar-refractivity contribution in [1.82, 2.24) is 9.97 Å². The Hall–Kier alpha value is -2.95. The summed E-state index contributed by atoms with van der Waals surface area (Å²) in [6.45, 7) is 1.72. The van der Waals surface area contributed by atoms with Crippen LogP contribution in [0, 0.1) is 6.92 Å². The van der Waals surface area contributed by atoms with Gasteiger partial charge in [-0.3, -0.25) is 4.98 Å². The minimum atomic E-state index is -1.01. The van der Waals surface area contributed by atoms with Crippen molar-refractivity contribution in [2.24, 2.45) is 0 Å². The molecule has 1 N–H and O–H groups in total. The largest absolute Gasteiger partial charge is 0.478 e. The number of carboxylic acid groups (broad SMARTS) is 1. The van der Waals surface area contributed by atoms with E-state index in [1.165, 1.54) is 12.1 Å². The highest BCUT2D eigenvalue weighted by Gasteiger charge is 2.08. The van der Waals surface area contributed by atoms with Crippen molar-refractivity contribution in [3.63, 3.8) is 0 Å². The van der Waals surface area contributed by atoms with E-state index in [0.717, 1.165) is 10.9 Å². The maximum atomic E-state index is 11.0. The number of aryl methyl sites for hydroxylation is 1. The molecule has 0 spiro atoms. The zero-order valence-electron chi connectivity index (χ0n) is 11.3. The molecule has 0 fully saturated rings. The van der Waals surface area contributed by atoms with E-state index in [9.17, 15) is 4.79 Å². The van der Waals surface area contributed by atoms with Gasteiger partial charge < -0.3 is 9.84 Å². The summed E-state index contributed by atoms with van der Waals surface area (Å²) in [6, 6.07) is 12.4. The summed E-state index contributed by atoms with van der Waals surface area (Å²) < 4.78 is 5.62. The van der Waals surface area contributed by atoms with Crippen LogP contribution >= 0.6 is 0 Å². The van der Waals surface area contributed by atoms with Gasteiger partial charge in [-0.15, -0.1) is 0 Å². The molecule has 0 atom stereocenters. The van der Waals surface area contributed by atoms with E-state index < -0.39 is 5.97 Å². The molecule has 0 bridgehead atoms. The minimum Gasteiger partial charge on any atom is -0.478 e. The van der Waals surface area contributed by atoms with Crippen molar-refractivity contribution in [3.8, 4) is 11.6 Å². The van der Waals surface area contributed by atoms with Gasteiger partial charge >= 0.3 is 5.97 Å². The van der Waals surface area contributed by atoms with Crippen LogP contribution in [0.15, 0.2) is 48.7 Å². The summed E-state index contributed by atoms with van der Waals surface area (Å²) in [5.41, 5.74) is 1.60. The van der Waals surface area contributed by atoms with Gasteiger partial charge in [0.2, 0.25) is 5.88 Å². The SMILES string of the molecule is Cc1cc(C(=O)O)cc(Oc2cnc3ccccc3c2)n1. The summed E-state index contributed by atoms with van der Waals surface area (Å²) in [7, 11) is 0. The summed E-state index contributed by atoms with van der Waals surface area (Å²) in [4.78, 5) is 19.5. The lowest BCUT2D eigenvalue weighted by atomic mass is 10.2. The molecule has 5 nitrogen and oxygen atoms in total.